The molecule has 0 saturated carbocycles. The van der Waals surface area contributed by atoms with E-state index in [1.807, 2.05) is 6.92 Å². The molecule has 0 bridgehead atoms. The highest BCUT2D eigenvalue weighted by molar-refractivity contribution is 6.39. The monoisotopic (exact) mass is 348 g/mol. The fourth-order valence-electron chi connectivity index (χ4n) is 2.86. The predicted octanol–water partition coefficient (Wildman–Crippen LogP) is 6.94. The van der Waals surface area contributed by atoms with Crippen molar-refractivity contribution in [1.29, 1.82) is 0 Å². The summed E-state index contributed by atoms with van der Waals surface area (Å²) in [5.41, 5.74) is 1.88. The number of unbranched alkanes of at least 4 members (excludes halogenated alkanes) is 1. The van der Waals surface area contributed by atoms with Gasteiger partial charge in [-0.05, 0) is 43.2 Å². The molecule has 0 aromatic heterocycles. The van der Waals surface area contributed by atoms with Gasteiger partial charge in [0, 0.05) is 6.61 Å². The van der Waals surface area contributed by atoms with Crippen molar-refractivity contribution in [1.82, 2.24) is 0 Å². The molecule has 0 amide bonds. The predicted molar refractivity (Wildman–Crippen MR) is 111 cm³/mol. The molecule has 25 heavy (non-hydrogen) atoms. The first-order chi connectivity index (χ1) is 11.6. The fourth-order valence-corrected chi connectivity index (χ4v) is 2.86. The maximum Gasteiger partial charge on any atom is 0.117 e. The molecule has 0 atom stereocenters. The Labute approximate surface area is 156 Å². The molecule has 0 aliphatic rings. The van der Waals surface area contributed by atoms with E-state index >= 15 is 0 Å². The van der Waals surface area contributed by atoms with Gasteiger partial charge in [-0.3, -0.25) is 0 Å². The molecular weight excluding hydrogens is 309 g/mol. The number of ether oxygens (including phenoxy) is 1. The summed E-state index contributed by atoms with van der Waals surface area (Å²) in [6.07, 6.45) is 8.69. The lowest BCUT2D eigenvalue weighted by Crippen LogP contribution is -2.17. The molecule has 0 N–H and O–H groups in total. The Bertz CT molecular complexity index is 416. The van der Waals surface area contributed by atoms with Crippen LogP contribution in [0.3, 0.4) is 0 Å². The van der Waals surface area contributed by atoms with Crippen molar-refractivity contribution in [3.63, 3.8) is 0 Å². The summed E-state index contributed by atoms with van der Waals surface area (Å²) >= 11 is 0. The molecule has 3 nitrogen and oxygen atoms in total. The van der Waals surface area contributed by atoms with Gasteiger partial charge >= 0.3 is 0 Å². The SMILES string of the molecule is C=C(C)COCCC(C)(C)CCCC(C)(C)[B]CCCCC(=C)N=O. The first-order valence-electron chi connectivity index (χ1n) is 9.66. The summed E-state index contributed by atoms with van der Waals surface area (Å²) in [4.78, 5) is 10.3. The van der Waals surface area contributed by atoms with Gasteiger partial charge in [0.05, 0.1) is 12.3 Å². The normalized spacial score (nSPS) is 12.0. The van der Waals surface area contributed by atoms with Crippen LogP contribution in [-0.4, -0.2) is 20.5 Å². The van der Waals surface area contributed by atoms with E-state index in [-0.39, 0.29) is 5.31 Å². The average Bonchev–Trinajstić information content (AvgIpc) is 2.50. The highest BCUT2D eigenvalue weighted by atomic mass is 16.5. The lowest BCUT2D eigenvalue weighted by atomic mass is 9.50. The molecule has 0 aromatic rings. The van der Waals surface area contributed by atoms with E-state index in [1.54, 1.807) is 0 Å². The number of hydrogen-bond acceptors (Lipinski definition) is 3. The fraction of sp³-hybridized carbons (Fsp3) is 0.810. The summed E-state index contributed by atoms with van der Waals surface area (Å²) in [6, 6.07) is 0. The van der Waals surface area contributed by atoms with Gasteiger partial charge < -0.3 is 4.74 Å². The second-order valence-corrected chi connectivity index (χ2v) is 8.87. The van der Waals surface area contributed by atoms with Crippen LogP contribution in [0.1, 0.15) is 79.6 Å². The van der Waals surface area contributed by atoms with Crippen LogP contribution in [0, 0.1) is 10.3 Å². The summed E-state index contributed by atoms with van der Waals surface area (Å²) in [6.45, 7) is 20.3. The maximum atomic E-state index is 10.3. The topological polar surface area (TPSA) is 38.7 Å². The van der Waals surface area contributed by atoms with Crippen LogP contribution in [0.5, 0.6) is 0 Å². The molecule has 1 radical (unpaired) electrons. The molecule has 143 valence electrons. The van der Waals surface area contributed by atoms with E-state index in [0.29, 0.717) is 17.7 Å². The Morgan fingerprint density at radius 1 is 1.04 bits per heavy atom. The zero-order valence-electron chi connectivity index (χ0n) is 17.3. The van der Waals surface area contributed by atoms with Gasteiger partial charge in [-0.2, -0.15) is 0 Å². The minimum Gasteiger partial charge on any atom is -0.377 e. The Hall–Kier alpha value is -0.895. The van der Waals surface area contributed by atoms with Gasteiger partial charge in [-0.1, -0.05) is 77.3 Å². The molecule has 0 heterocycles. The molecule has 0 unspecified atom stereocenters. The lowest BCUT2D eigenvalue weighted by molar-refractivity contribution is 0.116. The number of hydrogen-bond donors (Lipinski definition) is 0. The third-order valence-electron chi connectivity index (χ3n) is 4.69. The Morgan fingerprint density at radius 3 is 2.32 bits per heavy atom. The maximum absolute atomic E-state index is 10.3. The van der Waals surface area contributed by atoms with E-state index in [0.717, 1.165) is 44.2 Å². The zero-order valence-corrected chi connectivity index (χ0v) is 17.3. The first-order valence-corrected chi connectivity index (χ1v) is 9.66. The quantitative estimate of drug-likeness (QED) is 0.131. The van der Waals surface area contributed by atoms with Gasteiger partial charge in [0.1, 0.15) is 7.28 Å². The number of rotatable bonds is 16. The van der Waals surface area contributed by atoms with Crippen LogP contribution >= 0.6 is 0 Å². The van der Waals surface area contributed by atoms with Gasteiger partial charge in [-0.25, -0.2) is 0 Å². The molecule has 0 aliphatic carbocycles. The van der Waals surface area contributed by atoms with Gasteiger partial charge in [0.25, 0.3) is 0 Å². The van der Waals surface area contributed by atoms with Crippen molar-refractivity contribution in [3.8, 4) is 0 Å². The Kier molecular flexibility index (Phi) is 12.0. The molecule has 0 saturated heterocycles. The summed E-state index contributed by atoms with van der Waals surface area (Å²) < 4.78 is 5.64. The van der Waals surface area contributed by atoms with Gasteiger partial charge in [-0.15, -0.1) is 4.91 Å². The van der Waals surface area contributed by atoms with Crippen molar-refractivity contribution >= 4 is 7.28 Å². The minimum atomic E-state index is 0.270. The number of nitrogens with zero attached hydrogens (tertiary/aromatic N) is 1. The van der Waals surface area contributed by atoms with Crippen LogP contribution in [-0.2, 0) is 4.74 Å². The van der Waals surface area contributed by atoms with Crippen molar-refractivity contribution in [2.45, 2.75) is 91.2 Å². The van der Waals surface area contributed by atoms with Crippen molar-refractivity contribution < 1.29 is 4.74 Å². The number of allylic oxidation sites excluding steroid dienone is 1. The van der Waals surface area contributed by atoms with E-state index in [1.165, 1.54) is 19.3 Å². The summed E-state index contributed by atoms with van der Waals surface area (Å²) in [7, 11) is 2.44. The second-order valence-electron chi connectivity index (χ2n) is 8.87. The van der Waals surface area contributed by atoms with Crippen LogP contribution in [0.4, 0.5) is 0 Å². The second kappa shape index (κ2) is 12.5. The van der Waals surface area contributed by atoms with E-state index in [2.05, 4.69) is 53.3 Å². The Balaban J connectivity index is 3.85. The molecule has 0 fully saturated rings. The van der Waals surface area contributed by atoms with E-state index in [4.69, 9.17) is 4.74 Å². The smallest absolute Gasteiger partial charge is 0.117 e. The van der Waals surface area contributed by atoms with Crippen molar-refractivity contribution in [2.75, 3.05) is 13.2 Å². The van der Waals surface area contributed by atoms with Crippen molar-refractivity contribution in [3.05, 3.63) is 29.3 Å². The molecule has 0 aromatic carbocycles. The Morgan fingerprint density at radius 2 is 1.72 bits per heavy atom. The van der Waals surface area contributed by atoms with Gasteiger partial charge in [0.15, 0.2) is 0 Å². The third-order valence-corrected chi connectivity index (χ3v) is 4.69. The van der Waals surface area contributed by atoms with Crippen LogP contribution in [0.15, 0.2) is 29.6 Å². The van der Waals surface area contributed by atoms with Crippen molar-refractivity contribution in [2.24, 2.45) is 10.6 Å². The molecule has 0 rings (SSSR count). The summed E-state index contributed by atoms with van der Waals surface area (Å²) in [5, 5.41) is 3.14. The molecule has 0 spiro atoms. The largest absolute Gasteiger partial charge is 0.377 e. The van der Waals surface area contributed by atoms with Gasteiger partial charge in [0.2, 0.25) is 0 Å². The highest BCUT2D eigenvalue weighted by Gasteiger charge is 2.22. The van der Waals surface area contributed by atoms with Crippen LogP contribution in [0.2, 0.25) is 11.6 Å². The average molecular weight is 348 g/mol. The lowest BCUT2D eigenvalue weighted by Gasteiger charge is -2.28. The van der Waals surface area contributed by atoms with Crippen LogP contribution in [0.25, 0.3) is 0 Å². The van der Waals surface area contributed by atoms with Crippen LogP contribution < -0.4 is 0 Å². The molecular formula is C21H39BNO2. The highest BCUT2D eigenvalue weighted by Crippen LogP contribution is 2.35. The number of nitroso groups, excluding NO2 is 1. The summed E-state index contributed by atoms with van der Waals surface area (Å²) in [5.74, 6) is 0. The van der Waals surface area contributed by atoms with E-state index < -0.39 is 0 Å². The molecule has 0 aliphatic heterocycles. The molecule has 4 heteroatoms. The first kappa shape index (κ1) is 24.1. The standard InChI is InChI=1S/C21H39BNO2/c1-18(2)17-25-16-14-20(4,5)12-10-13-21(6,7)22-15-9-8-11-19(3)23-24/h1,3,8-17H2,2,4-7H3. The zero-order chi connectivity index (χ0) is 19.3. The third kappa shape index (κ3) is 15.1. The van der Waals surface area contributed by atoms with E-state index in [9.17, 15) is 4.91 Å². The minimum absolute atomic E-state index is 0.270.